The summed E-state index contributed by atoms with van der Waals surface area (Å²) in [7, 11) is -1.72. The van der Waals surface area contributed by atoms with Gasteiger partial charge in [-0.25, -0.2) is 13.1 Å². The topological polar surface area (TPSA) is 55.4 Å². The Bertz CT molecular complexity index is 754. The van der Waals surface area contributed by atoms with E-state index in [-0.39, 0.29) is 5.60 Å². The van der Waals surface area contributed by atoms with Crippen molar-refractivity contribution in [3.8, 4) is 0 Å². The molecule has 0 radical (unpaired) electrons. The molecule has 0 amide bonds. The molecule has 0 saturated heterocycles. The van der Waals surface area contributed by atoms with Crippen molar-refractivity contribution in [1.29, 1.82) is 0 Å². The number of hydrogen-bond acceptors (Lipinski definition) is 3. The predicted octanol–water partition coefficient (Wildman–Crippen LogP) is 3.73. The van der Waals surface area contributed by atoms with Crippen molar-refractivity contribution in [2.24, 2.45) is 23.7 Å². The van der Waals surface area contributed by atoms with Crippen molar-refractivity contribution < 1.29 is 13.2 Å². The van der Waals surface area contributed by atoms with Crippen LogP contribution in [0.3, 0.4) is 0 Å². The van der Waals surface area contributed by atoms with Crippen LogP contribution in [-0.4, -0.2) is 27.7 Å². The summed E-state index contributed by atoms with van der Waals surface area (Å²) in [6.45, 7) is 2.40. The van der Waals surface area contributed by atoms with Gasteiger partial charge in [0.2, 0.25) is 10.0 Å². The summed E-state index contributed by atoms with van der Waals surface area (Å²) >= 11 is 0. The van der Waals surface area contributed by atoms with E-state index in [2.05, 4.69) is 4.72 Å². The first kappa shape index (κ1) is 18.2. The Labute approximate surface area is 157 Å². The summed E-state index contributed by atoms with van der Waals surface area (Å²) in [6.07, 6.45) is 7.81. The SMILES string of the molecule is COC1(CNS(=O)(=O)C=Cc2ccc(C)cc2)C2CC3CC(C2)CC1C3. The normalized spacial score (nSPS) is 36.1. The fraction of sp³-hybridized carbons (Fsp3) is 0.619. The summed E-state index contributed by atoms with van der Waals surface area (Å²) in [5.74, 6) is 2.65. The van der Waals surface area contributed by atoms with Gasteiger partial charge >= 0.3 is 0 Å². The second kappa shape index (κ2) is 6.77. The Hall–Kier alpha value is -1.17. The Morgan fingerprint density at radius 3 is 2.19 bits per heavy atom. The third-order valence-corrected chi connectivity index (χ3v) is 8.01. The minimum absolute atomic E-state index is 0.321. The van der Waals surface area contributed by atoms with E-state index in [0.717, 1.165) is 23.0 Å². The van der Waals surface area contributed by atoms with Gasteiger partial charge in [-0.2, -0.15) is 0 Å². The fourth-order valence-corrected chi connectivity index (χ4v) is 6.64. The number of ether oxygens (including phenoxy) is 1. The van der Waals surface area contributed by atoms with E-state index >= 15 is 0 Å². The van der Waals surface area contributed by atoms with Gasteiger partial charge in [0.15, 0.2) is 0 Å². The number of hydrogen-bond donors (Lipinski definition) is 1. The molecule has 0 atom stereocenters. The van der Waals surface area contributed by atoms with Crippen LogP contribution in [0, 0.1) is 30.6 Å². The molecule has 26 heavy (non-hydrogen) atoms. The number of benzene rings is 1. The quantitative estimate of drug-likeness (QED) is 0.824. The van der Waals surface area contributed by atoms with Crippen LogP contribution in [0.2, 0.25) is 0 Å². The lowest BCUT2D eigenvalue weighted by atomic mass is 9.50. The molecule has 0 spiro atoms. The van der Waals surface area contributed by atoms with Crippen molar-refractivity contribution in [3.63, 3.8) is 0 Å². The molecule has 5 rings (SSSR count). The third kappa shape index (κ3) is 3.37. The molecule has 0 aliphatic heterocycles. The summed E-state index contributed by atoms with van der Waals surface area (Å²) in [5, 5.41) is 1.27. The summed E-state index contributed by atoms with van der Waals surface area (Å²) in [6, 6.07) is 7.81. The Balaban J connectivity index is 1.45. The molecule has 4 nitrogen and oxygen atoms in total. The first-order valence-corrected chi connectivity index (χ1v) is 11.2. The molecule has 5 heteroatoms. The smallest absolute Gasteiger partial charge is 0.233 e. The number of rotatable bonds is 6. The van der Waals surface area contributed by atoms with Crippen molar-refractivity contribution in [2.45, 2.75) is 44.6 Å². The molecule has 1 N–H and O–H groups in total. The van der Waals surface area contributed by atoms with E-state index in [0.29, 0.717) is 18.4 Å². The zero-order valence-electron chi connectivity index (χ0n) is 15.6. The van der Waals surface area contributed by atoms with Crippen LogP contribution in [0.25, 0.3) is 6.08 Å². The van der Waals surface area contributed by atoms with E-state index in [9.17, 15) is 8.42 Å². The molecule has 4 fully saturated rings. The summed E-state index contributed by atoms with van der Waals surface area (Å²) < 4.78 is 33.9. The molecule has 4 saturated carbocycles. The van der Waals surface area contributed by atoms with Gasteiger partial charge in [-0.3, -0.25) is 0 Å². The van der Waals surface area contributed by atoms with Gasteiger partial charge < -0.3 is 4.74 Å². The van der Waals surface area contributed by atoms with E-state index in [1.54, 1.807) is 13.2 Å². The van der Waals surface area contributed by atoms with Gasteiger partial charge in [0.25, 0.3) is 0 Å². The molecular weight excluding hydrogens is 346 g/mol. The van der Waals surface area contributed by atoms with Gasteiger partial charge in [-0.1, -0.05) is 29.8 Å². The van der Waals surface area contributed by atoms with Crippen LogP contribution in [0.1, 0.15) is 43.2 Å². The minimum Gasteiger partial charge on any atom is -0.376 e. The molecule has 0 aromatic heterocycles. The van der Waals surface area contributed by atoms with Gasteiger partial charge in [-0.15, -0.1) is 0 Å². The molecule has 4 aliphatic carbocycles. The highest BCUT2D eigenvalue weighted by Crippen LogP contribution is 2.59. The second-order valence-corrected chi connectivity index (χ2v) is 10.2. The average molecular weight is 376 g/mol. The lowest BCUT2D eigenvalue weighted by Crippen LogP contribution is -2.63. The molecule has 1 aromatic rings. The standard InChI is InChI=1S/C21H29NO3S/c1-15-3-5-16(6-4-15)7-8-26(23,24)22-14-21(25-2)19-10-17-9-18(12-19)13-20(21)11-17/h3-8,17-20,22H,9-14H2,1-2H3. The zero-order chi connectivity index (χ0) is 18.4. The molecular formula is C21H29NO3S. The highest BCUT2D eigenvalue weighted by Gasteiger charge is 2.57. The molecule has 4 bridgehead atoms. The number of methoxy groups -OCH3 is 1. The Morgan fingerprint density at radius 2 is 1.65 bits per heavy atom. The van der Waals surface area contributed by atoms with E-state index in [1.807, 2.05) is 31.2 Å². The lowest BCUT2D eigenvalue weighted by Gasteiger charge is -2.60. The maximum absolute atomic E-state index is 12.5. The van der Waals surface area contributed by atoms with Gasteiger partial charge in [0.05, 0.1) is 5.60 Å². The molecule has 1 aromatic carbocycles. The first-order chi connectivity index (χ1) is 12.4. The van der Waals surface area contributed by atoms with Crippen molar-refractivity contribution >= 4 is 16.1 Å². The lowest BCUT2D eigenvalue weighted by molar-refractivity contribution is -0.185. The monoisotopic (exact) mass is 375 g/mol. The van der Waals surface area contributed by atoms with Crippen LogP contribution in [0.5, 0.6) is 0 Å². The third-order valence-electron chi connectivity index (χ3n) is 6.97. The molecule has 142 valence electrons. The number of nitrogens with one attached hydrogen (secondary N) is 1. The second-order valence-electron chi connectivity index (χ2n) is 8.54. The van der Waals surface area contributed by atoms with Crippen LogP contribution in [-0.2, 0) is 14.8 Å². The van der Waals surface area contributed by atoms with Crippen LogP contribution in [0.4, 0.5) is 0 Å². The van der Waals surface area contributed by atoms with Crippen molar-refractivity contribution in [2.75, 3.05) is 13.7 Å². The number of aryl methyl sites for hydroxylation is 1. The molecule has 0 unspecified atom stereocenters. The van der Waals surface area contributed by atoms with Gasteiger partial charge in [0.1, 0.15) is 0 Å². The maximum atomic E-state index is 12.5. The van der Waals surface area contributed by atoms with Crippen LogP contribution < -0.4 is 4.72 Å². The molecule has 0 heterocycles. The Morgan fingerprint density at radius 1 is 1.08 bits per heavy atom. The van der Waals surface area contributed by atoms with Gasteiger partial charge in [0, 0.05) is 19.1 Å². The highest BCUT2D eigenvalue weighted by atomic mass is 32.2. The first-order valence-electron chi connectivity index (χ1n) is 9.70. The summed E-state index contributed by atoms with van der Waals surface area (Å²) in [5.41, 5.74) is 1.72. The van der Waals surface area contributed by atoms with Gasteiger partial charge in [-0.05, 0) is 74.3 Å². The van der Waals surface area contributed by atoms with E-state index < -0.39 is 10.0 Å². The minimum atomic E-state index is -3.48. The Kier molecular flexibility index (Phi) is 4.74. The fourth-order valence-electron chi connectivity index (χ4n) is 5.78. The largest absolute Gasteiger partial charge is 0.376 e. The van der Waals surface area contributed by atoms with Crippen molar-refractivity contribution in [1.82, 2.24) is 4.72 Å². The predicted molar refractivity (Wildman–Crippen MR) is 104 cm³/mol. The summed E-state index contributed by atoms with van der Waals surface area (Å²) in [4.78, 5) is 0. The van der Waals surface area contributed by atoms with Crippen LogP contribution >= 0.6 is 0 Å². The zero-order valence-corrected chi connectivity index (χ0v) is 16.5. The number of sulfonamides is 1. The van der Waals surface area contributed by atoms with Crippen molar-refractivity contribution in [3.05, 3.63) is 40.8 Å². The molecule has 4 aliphatic rings. The average Bonchev–Trinajstić information content (AvgIpc) is 2.61. The maximum Gasteiger partial charge on any atom is 0.233 e. The highest BCUT2D eigenvalue weighted by molar-refractivity contribution is 7.92. The van der Waals surface area contributed by atoms with E-state index in [4.69, 9.17) is 4.74 Å². The van der Waals surface area contributed by atoms with E-state index in [1.165, 1.54) is 37.5 Å². The van der Waals surface area contributed by atoms with Crippen LogP contribution in [0.15, 0.2) is 29.7 Å².